The molecular formula is C16H25NO2. The number of aromatic hydroxyl groups is 1. The van der Waals surface area contributed by atoms with Crippen molar-refractivity contribution in [3.05, 3.63) is 29.3 Å². The second-order valence-electron chi connectivity index (χ2n) is 5.56. The van der Waals surface area contributed by atoms with Crippen LogP contribution < -0.4 is 0 Å². The van der Waals surface area contributed by atoms with Crippen molar-refractivity contribution in [2.24, 2.45) is 11.1 Å². The van der Waals surface area contributed by atoms with Crippen molar-refractivity contribution >= 4 is 5.71 Å². The van der Waals surface area contributed by atoms with E-state index in [0.29, 0.717) is 17.7 Å². The molecule has 0 radical (unpaired) electrons. The maximum Gasteiger partial charge on any atom is 0.125 e. The van der Waals surface area contributed by atoms with E-state index in [1.54, 1.807) is 6.07 Å². The Bertz CT molecular complexity index is 425. The summed E-state index contributed by atoms with van der Waals surface area (Å²) in [5.41, 5.74) is 2.20. The van der Waals surface area contributed by atoms with E-state index < -0.39 is 0 Å². The summed E-state index contributed by atoms with van der Waals surface area (Å²) in [5, 5.41) is 22.3. The van der Waals surface area contributed by atoms with E-state index in [4.69, 9.17) is 5.21 Å². The first kappa shape index (κ1) is 15.5. The Hall–Kier alpha value is -1.51. The molecule has 0 aliphatic rings. The smallest absolute Gasteiger partial charge is 0.125 e. The number of hydrogen-bond donors (Lipinski definition) is 2. The minimum Gasteiger partial charge on any atom is -0.507 e. The van der Waals surface area contributed by atoms with Gasteiger partial charge in [0.05, 0.1) is 5.71 Å². The van der Waals surface area contributed by atoms with Crippen molar-refractivity contribution in [2.75, 3.05) is 0 Å². The SMILES string of the molecule is Cc1ccc(/C(CCCCCC(C)C)=N/O)c(O)c1. The average Bonchev–Trinajstić information content (AvgIpc) is 2.34. The fourth-order valence-electron chi connectivity index (χ4n) is 2.15. The lowest BCUT2D eigenvalue weighted by molar-refractivity contribution is 0.317. The summed E-state index contributed by atoms with van der Waals surface area (Å²) in [5.74, 6) is 0.933. The lowest BCUT2D eigenvalue weighted by atomic mass is 9.99. The van der Waals surface area contributed by atoms with E-state index in [0.717, 1.165) is 24.3 Å². The van der Waals surface area contributed by atoms with E-state index >= 15 is 0 Å². The van der Waals surface area contributed by atoms with Gasteiger partial charge in [-0.05, 0) is 43.4 Å². The van der Waals surface area contributed by atoms with Gasteiger partial charge in [-0.15, -0.1) is 0 Å². The molecule has 0 aromatic heterocycles. The van der Waals surface area contributed by atoms with Gasteiger partial charge >= 0.3 is 0 Å². The molecule has 0 saturated heterocycles. The van der Waals surface area contributed by atoms with Gasteiger partial charge in [0.15, 0.2) is 0 Å². The van der Waals surface area contributed by atoms with Gasteiger partial charge in [0, 0.05) is 5.56 Å². The number of nitrogens with zero attached hydrogens (tertiary/aromatic N) is 1. The Morgan fingerprint density at radius 3 is 2.53 bits per heavy atom. The summed E-state index contributed by atoms with van der Waals surface area (Å²) in [7, 11) is 0. The highest BCUT2D eigenvalue weighted by Crippen LogP contribution is 2.22. The van der Waals surface area contributed by atoms with Gasteiger partial charge < -0.3 is 10.3 Å². The Balaban J connectivity index is 2.50. The normalized spacial score (nSPS) is 12.1. The number of hydrogen-bond acceptors (Lipinski definition) is 3. The first-order valence-electron chi connectivity index (χ1n) is 7.05. The summed E-state index contributed by atoms with van der Waals surface area (Å²) in [6, 6.07) is 5.42. The van der Waals surface area contributed by atoms with Gasteiger partial charge in [-0.25, -0.2) is 0 Å². The van der Waals surface area contributed by atoms with Crippen LogP contribution in [-0.4, -0.2) is 16.0 Å². The molecule has 1 rings (SSSR count). The van der Waals surface area contributed by atoms with Gasteiger partial charge in [-0.2, -0.15) is 0 Å². The molecular weight excluding hydrogens is 238 g/mol. The maximum atomic E-state index is 9.88. The van der Waals surface area contributed by atoms with Crippen molar-refractivity contribution in [3.8, 4) is 5.75 Å². The highest BCUT2D eigenvalue weighted by molar-refractivity contribution is 6.02. The second kappa shape index (κ2) is 7.82. The molecule has 0 aliphatic heterocycles. The molecule has 1 aromatic rings. The van der Waals surface area contributed by atoms with Crippen LogP contribution >= 0.6 is 0 Å². The van der Waals surface area contributed by atoms with Gasteiger partial charge in [0.2, 0.25) is 0 Å². The fourth-order valence-corrected chi connectivity index (χ4v) is 2.15. The van der Waals surface area contributed by atoms with Crippen LogP contribution in [0.1, 0.15) is 57.1 Å². The largest absolute Gasteiger partial charge is 0.507 e. The number of unbranched alkanes of at least 4 members (excludes halogenated alkanes) is 2. The van der Waals surface area contributed by atoms with Crippen LogP contribution in [0.5, 0.6) is 5.75 Å². The molecule has 0 saturated carbocycles. The fraction of sp³-hybridized carbons (Fsp3) is 0.562. The third kappa shape index (κ3) is 5.33. The first-order valence-corrected chi connectivity index (χ1v) is 7.05. The molecule has 0 aliphatic carbocycles. The minimum atomic E-state index is 0.190. The number of phenols is 1. The van der Waals surface area contributed by atoms with Crippen molar-refractivity contribution in [1.29, 1.82) is 0 Å². The van der Waals surface area contributed by atoms with Crippen LogP contribution in [0.2, 0.25) is 0 Å². The molecule has 19 heavy (non-hydrogen) atoms. The predicted octanol–water partition coefficient (Wildman–Crippen LogP) is 4.49. The zero-order chi connectivity index (χ0) is 14.3. The van der Waals surface area contributed by atoms with Crippen molar-refractivity contribution < 1.29 is 10.3 Å². The highest BCUT2D eigenvalue weighted by Gasteiger charge is 2.09. The second-order valence-corrected chi connectivity index (χ2v) is 5.56. The van der Waals surface area contributed by atoms with E-state index in [1.807, 2.05) is 19.1 Å². The van der Waals surface area contributed by atoms with Crippen LogP contribution in [0.4, 0.5) is 0 Å². The molecule has 1 aromatic carbocycles. The van der Waals surface area contributed by atoms with Crippen LogP contribution in [0.3, 0.4) is 0 Å². The van der Waals surface area contributed by atoms with Crippen LogP contribution in [0.15, 0.2) is 23.4 Å². The monoisotopic (exact) mass is 263 g/mol. The number of aryl methyl sites for hydroxylation is 1. The quantitative estimate of drug-likeness (QED) is 0.330. The molecule has 0 spiro atoms. The van der Waals surface area contributed by atoms with Gasteiger partial charge in [0.1, 0.15) is 5.75 Å². The summed E-state index contributed by atoms with van der Waals surface area (Å²) in [4.78, 5) is 0. The molecule has 0 fully saturated rings. The third-order valence-electron chi connectivity index (χ3n) is 3.28. The molecule has 106 valence electrons. The van der Waals surface area contributed by atoms with Crippen LogP contribution in [0, 0.1) is 12.8 Å². The molecule has 0 amide bonds. The zero-order valence-electron chi connectivity index (χ0n) is 12.2. The number of phenolic OH excluding ortho intramolecular Hbond substituents is 1. The average molecular weight is 263 g/mol. The molecule has 0 atom stereocenters. The van der Waals surface area contributed by atoms with Crippen LogP contribution in [-0.2, 0) is 0 Å². The van der Waals surface area contributed by atoms with Crippen molar-refractivity contribution in [1.82, 2.24) is 0 Å². The van der Waals surface area contributed by atoms with E-state index in [-0.39, 0.29) is 5.75 Å². The van der Waals surface area contributed by atoms with Crippen molar-refractivity contribution in [3.63, 3.8) is 0 Å². The molecule has 0 bridgehead atoms. The Labute approximate surface area is 116 Å². The zero-order valence-corrected chi connectivity index (χ0v) is 12.2. The highest BCUT2D eigenvalue weighted by atomic mass is 16.4. The van der Waals surface area contributed by atoms with Gasteiger partial charge in [-0.1, -0.05) is 44.3 Å². The molecule has 0 heterocycles. The molecule has 2 N–H and O–H groups in total. The van der Waals surface area contributed by atoms with Gasteiger partial charge in [-0.3, -0.25) is 0 Å². The number of oxime groups is 1. The summed E-state index contributed by atoms with van der Waals surface area (Å²) in [6.07, 6.45) is 5.26. The number of benzene rings is 1. The van der Waals surface area contributed by atoms with Gasteiger partial charge in [0.25, 0.3) is 0 Å². The lowest BCUT2D eigenvalue weighted by Gasteiger charge is -2.08. The minimum absolute atomic E-state index is 0.190. The lowest BCUT2D eigenvalue weighted by Crippen LogP contribution is -2.02. The Morgan fingerprint density at radius 1 is 1.21 bits per heavy atom. The number of rotatable bonds is 7. The third-order valence-corrected chi connectivity index (χ3v) is 3.28. The Kier molecular flexibility index (Phi) is 6.40. The molecule has 3 heteroatoms. The van der Waals surface area contributed by atoms with E-state index in [2.05, 4.69) is 19.0 Å². The standard InChI is InChI=1S/C16H25NO2/c1-12(2)7-5-4-6-8-15(17-19)14-10-9-13(3)11-16(14)18/h9-12,18-19H,4-8H2,1-3H3/b17-15+. The summed E-state index contributed by atoms with van der Waals surface area (Å²) < 4.78 is 0. The maximum absolute atomic E-state index is 9.88. The van der Waals surface area contributed by atoms with Crippen molar-refractivity contribution in [2.45, 2.75) is 52.9 Å². The first-order chi connectivity index (χ1) is 9.04. The summed E-state index contributed by atoms with van der Waals surface area (Å²) in [6.45, 7) is 6.38. The Morgan fingerprint density at radius 2 is 1.95 bits per heavy atom. The van der Waals surface area contributed by atoms with E-state index in [9.17, 15) is 5.11 Å². The molecule has 0 unspecified atom stereocenters. The van der Waals surface area contributed by atoms with Crippen LogP contribution in [0.25, 0.3) is 0 Å². The topological polar surface area (TPSA) is 52.8 Å². The predicted molar refractivity (Wildman–Crippen MR) is 79.1 cm³/mol. The van der Waals surface area contributed by atoms with E-state index in [1.165, 1.54) is 12.8 Å². The molecule has 3 nitrogen and oxygen atoms in total. The summed E-state index contributed by atoms with van der Waals surface area (Å²) >= 11 is 0.